The van der Waals surface area contributed by atoms with Crippen molar-refractivity contribution in [3.8, 4) is 28.6 Å². The number of aromatic nitrogens is 3. The highest BCUT2D eigenvalue weighted by molar-refractivity contribution is 6.35. The van der Waals surface area contributed by atoms with Crippen LogP contribution in [0.3, 0.4) is 0 Å². The van der Waals surface area contributed by atoms with Crippen LogP contribution in [-0.4, -0.2) is 15.0 Å². The van der Waals surface area contributed by atoms with Crippen LogP contribution in [0.25, 0.3) is 33.4 Å². The van der Waals surface area contributed by atoms with Crippen molar-refractivity contribution in [3.05, 3.63) is 71.0 Å². The van der Waals surface area contributed by atoms with Crippen molar-refractivity contribution in [1.82, 2.24) is 15.0 Å². The molecule has 0 amide bonds. The van der Waals surface area contributed by atoms with Gasteiger partial charge in [-0.05, 0) is 30.7 Å². The number of hydrogen-bond acceptors (Lipinski definition) is 5. The van der Waals surface area contributed by atoms with Crippen LogP contribution in [0.2, 0.25) is 5.02 Å². The predicted molar refractivity (Wildman–Crippen MR) is 107 cm³/mol. The smallest absolute Gasteiger partial charge is 0.183 e. The summed E-state index contributed by atoms with van der Waals surface area (Å²) in [6.45, 7) is 1.97. The number of aryl methyl sites for hydroxylation is 1. The van der Waals surface area contributed by atoms with Gasteiger partial charge in [0, 0.05) is 22.7 Å². The lowest BCUT2D eigenvalue weighted by Crippen LogP contribution is -2.03. The van der Waals surface area contributed by atoms with E-state index < -0.39 is 0 Å². The summed E-state index contributed by atoms with van der Waals surface area (Å²) in [5, 5.41) is 10.8. The fourth-order valence-electron chi connectivity index (χ4n) is 3.07. The van der Waals surface area contributed by atoms with Gasteiger partial charge in [0.25, 0.3) is 0 Å². The normalized spacial score (nSPS) is 10.7. The molecule has 2 aromatic carbocycles. The number of rotatable bonds is 2. The molecule has 0 bridgehead atoms. The average molecular weight is 372 g/mol. The van der Waals surface area contributed by atoms with Gasteiger partial charge in [-0.2, -0.15) is 5.26 Å². The minimum atomic E-state index is 0.0970. The maximum atomic E-state index is 9.36. The number of nitrogens with zero attached hydrogens (tertiary/aromatic N) is 4. The molecule has 27 heavy (non-hydrogen) atoms. The third kappa shape index (κ3) is 2.97. The lowest BCUT2D eigenvalue weighted by atomic mass is 9.99. The van der Waals surface area contributed by atoms with Gasteiger partial charge in [-0.3, -0.25) is 4.98 Å². The summed E-state index contributed by atoms with van der Waals surface area (Å²) in [6.07, 6.45) is 1.68. The molecule has 2 N–H and O–H groups in total. The number of nitrogens with two attached hydrogens (primary N) is 1. The molecule has 0 radical (unpaired) electrons. The molecule has 6 heteroatoms. The van der Waals surface area contributed by atoms with Crippen molar-refractivity contribution in [1.29, 1.82) is 5.26 Å². The van der Waals surface area contributed by atoms with E-state index >= 15 is 0 Å². The average Bonchev–Trinajstić information content (AvgIpc) is 2.69. The van der Waals surface area contributed by atoms with Gasteiger partial charge in [0.15, 0.2) is 11.5 Å². The molecular formula is C21H14ClN5. The Morgan fingerprint density at radius 3 is 2.48 bits per heavy atom. The fraction of sp³-hybridized carbons (Fsp3) is 0.0476. The van der Waals surface area contributed by atoms with Crippen molar-refractivity contribution in [3.63, 3.8) is 0 Å². The number of halogens is 1. The third-order valence-electron chi connectivity index (χ3n) is 4.33. The second kappa shape index (κ2) is 6.67. The highest BCUT2D eigenvalue weighted by Gasteiger charge is 2.17. The van der Waals surface area contributed by atoms with Gasteiger partial charge in [0.1, 0.15) is 6.07 Å². The number of nitriles is 1. The molecule has 2 aromatic heterocycles. The zero-order valence-electron chi connectivity index (χ0n) is 14.4. The van der Waals surface area contributed by atoms with Gasteiger partial charge >= 0.3 is 0 Å². The van der Waals surface area contributed by atoms with Crippen LogP contribution in [0.5, 0.6) is 0 Å². The largest absolute Gasteiger partial charge is 0.381 e. The number of pyridine rings is 1. The Hall–Kier alpha value is -3.49. The summed E-state index contributed by atoms with van der Waals surface area (Å²) in [5.74, 6) is 0.109. The van der Waals surface area contributed by atoms with E-state index in [2.05, 4.69) is 15.0 Å². The monoisotopic (exact) mass is 371 g/mol. The van der Waals surface area contributed by atoms with E-state index in [1.54, 1.807) is 12.3 Å². The zero-order chi connectivity index (χ0) is 19.0. The van der Waals surface area contributed by atoms with Crippen LogP contribution in [0.1, 0.15) is 11.3 Å². The number of hydrogen-bond donors (Lipinski definition) is 1. The first-order valence-electron chi connectivity index (χ1n) is 8.26. The van der Waals surface area contributed by atoms with Crippen LogP contribution >= 0.6 is 11.6 Å². The quantitative estimate of drug-likeness (QED) is 0.548. The third-order valence-corrected chi connectivity index (χ3v) is 4.66. The Balaban J connectivity index is 2.05. The van der Waals surface area contributed by atoms with Crippen LogP contribution in [0.4, 0.5) is 5.82 Å². The number of anilines is 1. The summed E-state index contributed by atoms with van der Waals surface area (Å²) in [5.41, 5.74) is 10.7. The Bertz CT molecular complexity index is 1210. The maximum Gasteiger partial charge on any atom is 0.183 e. The molecule has 0 saturated carbocycles. The highest BCUT2D eigenvalue weighted by Crippen LogP contribution is 2.34. The van der Waals surface area contributed by atoms with E-state index in [4.69, 9.17) is 17.3 Å². The molecule has 130 valence electrons. The van der Waals surface area contributed by atoms with E-state index in [0.717, 1.165) is 27.6 Å². The van der Waals surface area contributed by atoms with Gasteiger partial charge in [0.2, 0.25) is 0 Å². The molecule has 4 aromatic rings. The summed E-state index contributed by atoms with van der Waals surface area (Å²) >= 11 is 6.38. The Morgan fingerprint density at radius 2 is 1.74 bits per heavy atom. The first-order valence-corrected chi connectivity index (χ1v) is 8.64. The molecule has 0 unspecified atom stereocenters. The first-order chi connectivity index (χ1) is 13.1. The van der Waals surface area contributed by atoms with E-state index in [-0.39, 0.29) is 11.5 Å². The second-order valence-corrected chi connectivity index (χ2v) is 6.52. The molecule has 0 aliphatic rings. The molecule has 0 saturated heterocycles. The molecule has 0 aliphatic carbocycles. The fourth-order valence-corrected chi connectivity index (χ4v) is 3.27. The summed E-state index contributed by atoms with van der Waals surface area (Å²) < 4.78 is 0. The van der Waals surface area contributed by atoms with Crippen molar-refractivity contribution >= 4 is 28.3 Å². The number of benzene rings is 2. The molecule has 4 rings (SSSR count). The molecule has 0 atom stereocenters. The van der Waals surface area contributed by atoms with Gasteiger partial charge in [-0.25, -0.2) is 9.97 Å². The lowest BCUT2D eigenvalue weighted by Gasteiger charge is -2.12. The van der Waals surface area contributed by atoms with Gasteiger partial charge < -0.3 is 5.73 Å². The van der Waals surface area contributed by atoms with Crippen molar-refractivity contribution in [2.75, 3.05) is 5.73 Å². The molecule has 5 nitrogen and oxygen atoms in total. The number of nitrogen functional groups attached to an aromatic ring is 1. The minimum absolute atomic E-state index is 0.0970. The molecule has 0 fully saturated rings. The Labute approximate surface area is 161 Å². The van der Waals surface area contributed by atoms with Gasteiger partial charge in [0.05, 0.1) is 21.9 Å². The van der Waals surface area contributed by atoms with Crippen molar-refractivity contribution in [2.45, 2.75) is 6.92 Å². The van der Waals surface area contributed by atoms with E-state index in [1.165, 1.54) is 0 Å². The molecule has 0 spiro atoms. The predicted octanol–water partition coefficient (Wildman–Crippen LogP) is 4.77. The topological polar surface area (TPSA) is 88.5 Å². The Kier molecular flexibility index (Phi) is 4.19. The minimum Gasteiger partial charge on any atom is -0.381 e. The maximum absolute atomic E-state index is 9.36. The summed E-state index contributed by atoms with van der Waals surface area (Å²) in [7, 11) is 0. The van der Waals surface area contributed by atoms with E-state index in [1.807, 2.05) is 55.5 Å². The van der Waals surface area contributed by atoms with Gasteiger partial charge in [-0.1, -0.05) is 41.9 Å². The van der Waals surface area contributed by atoms with E-state index in [9.17, 15) is 5.26 Å². The standard InChI is InChI=1S/C21H14ClN5/c1-12-9-14(10-15-16(22)7-8-25-18(12)15)20-19(13-5-3-2-4-6-13)27-21(24)17(11-23)26-20/h2-10H,1H3,(H2,24,27). The number of fused-ring (bicyclic) bond motifs is 1. The zero-order valence-corrected chi connectivity index (χ0v) is 15.2. The van der Waals surface area contributed by atoms with E-state index in [0.29, 0.717) is 16.4 Å². The van der Waals surface area contributed by atoms with Crippen molar-refractivity contribution < 1.29 is 0 Å². The van der Waals surface area contributed by atoms with Crippen LogP contribution in [-0.2, 0) is 0 Å². The van der Waals surface area contributed by atoms with Crippen molar-refractivity contribution in [2.24, 2.45) is 0 Å². The summed E-state index contributed by atoms with van der Waals surface area (Å²) in [4.78, 5) is 13.4. The second-order valence-electron chi connectivity index (χ2n) is 6.11. The van der Waals surface area contributed by atoms with Crippen LogP contribution in [0.15, 0.2) is 54.7 Å². The summed E-state index contributed by atoms with van der Waals surface area (Å²) in [6, 6.07) is 17.3. The first kappa shape index (κ1) is 17.0. The van der Waals surface area contributed by atoms with Gasteiger partial charge in [-0.15, -0.1) is 0 Å². The lowest BCUT2D eigenvalue weighted by molar-refractivity contribution is 1.18. The van der Waals surface area contributed by atoms with Crippen LogP contribution < -0.4 is 5.73 Å². The molecule has 2 heterocycles. The molecular weight excluding hydrogens is 358 g/mol. The molecule has 0 aliphatic heterocycles. The SMILES string of the molecule is Cc1cc(-c2nc(C#N)c(N)nc2-c2ccccc2)cc2c(Cl)ccnc12. The van der Waals surface area contributed by atoms with Crippen LogP contribution in [0, 0.1) is 18.3 Å². The highest BCUT2D eigenvalue weighted by atomic mass is 35.5. The Morgan fingerprint density at radius 1 is 1.00 bits per heavy atom.